The summed E-state index contributed by atoms with van der Waals surface area (Å²) in [5.74, 6) is -3.61. The number of hydrogen-bond donors (Lipinski definition) is 26. The first-order chi connectivity index (χ1) is 47.8. The Balaban J connectivity index is 1.24. The molecule has 8 saturated heterocycles. The molecule has 45 heteroatoms. The smallest absolute Gasteiger partial charge is 0.217 e. The molecule has 0 aliphatic carbocycles. The lowest BCUT2D eigenvalue weighted by Gasteiger charge is -2.52. The van der Waals surface area contributed by atoms with E-state index in [-0.39, 0.29) is 0 Å². The van der Waals surface area contributed by atoms with Crippen LogP contribution in [-0.4, -0.2) is 434 Å². The summed E-state index contributed by atoms with van der Waals surface area (Å²) >= 11 is 0. The van der Waals surface area contributed by atoms with Crippen LogP contribution in [0.5, 0.6) is 0 Å². The number of aliphatic hydroxyl groups is 22. The van der Waals surface area contributed by atoms with Gasteiger partial charge in [-0.05, 0) is 0 Å². The van der Waals surface area contributed by atoms with Gasteiger partial charge in [0.15, 0.2) is 50.3 Å². The van der Waals surface area contributed by atoms with Crippen molar-refractivity contribution in [3.8, 4) is 0 Å². The molecular weight excluding hydrogens is 1380 g/mol. The quantitative estimate of drug-likeness (QED) is 0.0382. The molecule has 584 valence electrons. The van der Waals surface area contributed by atoms with E-state index in [1.807, 2.05) is 0 Å². The lowest BCUT2D eigenvalue weighted by atomic mass is 9.93. The number of aliphatic hydroxyl groups excluding tert-OH is 22. The normalized spacial score (nSPS) is 48.3. The Morgan fingerprint density at radius 1 is 0.257 bits per heavy atom. The van der Waals surface area contributed by atoms with Crippen LogP contribution in [0.25, 0.3) is 0 Å². The summed E-state index contributed by atoms with van der Waals surface area (Å²) < 4.78 is 90.4. The molecule has 0 spiro atoms. The molecule has 26 N–H and O–H groups in total. The second-order valence-corrected chi connectivity index (χ2v) is 25.4. The zero-order valence-electron chi connectivity index (χ0n) is 54.3. The second-order valence-electron chi connectivity index (χ2n) is 25.4. The first-order valence-corrected chi connectivity index (χ1v) is 32.1. The maximum Gasteiger partial charge on any atom is 0.217 e. The molecule has 40 atom stereocenters. The number of nitrogens with one attached hydrogen (secondary N) is 4. The van der Waals surface area contributed by atoms with E-state index in [1.54, 1.807) is 0 Å². The molecule has 8 rings (SSSR count). The zero-order chi connectivity index (χ0) is 74.5. The Labute approximate surface area is 572 Å². The van der Waals surface area contributed by atoms with E-state index in [9.17, 15) is 132 Å². The highest BCUT2D eigenvalue weighted by Crippen LogP contribution is 2.40. The third kappa shape index (κ3) is 18.5. The molecule has 0 radical (unpaired) electrons. The van der Waals surface area contributed by atoms with Gasteiger partial charge in [-0.2, -0.15) is 0 Å². The monoisotopic (exact) mass is 1480 g/mol. The molecule has 0 bridgehead atoms. The largest absolute Gasteiger partial charge is 0.394 e. The third-order valence-corrected chi connectivity index (χ3v) is 18.3. The first kappa shape index (κ1) is 83.0. The van der Waals surface area contributed by atoms with Gasteiger partial charge in [0.05, 0.1) is 52.9 Å². The molecule has 8 aliphatic rings. The van der Waals surface area contributed by atoms with E-state index in [2.05, 4.69) is 21.3 Å². The predicted molar refractivity (Wildman–Crippen MR) is 311 cm³/mol. The Kier molecular flexibility index (Phi) is 29.9. The van der Waals surface area contributed by atoms with Crippen molar-refractivity contribution in [2.24, 2.45) is 0 Å². The highest BCUT2D eigenvalue weighted by atomic mass is 16.8. The van der Waals surface area contributed by atoms with E-state index in [1.165, 1.54) is 0 Å². The first-order valence-electron chi connectivity index (χ1n) is 32.1. The molecule has 4 amide bonds. The number of carbonyl (C=O) groups excluding carboxylic acids is 4. The predicted octanol–water partition coefficient (Wildman–Crippen LogP) is -17.9. The maximum absolute atomic E-state index is 13.0. The molecule has 0 aromatic rings. The van der Waals surface area contributed by atoms with E-state index in [0.717, 1.165) is 27.7 Å². The minimum Gasteiger partial charge on any atom is -0.394 e. The standard InChI is InChI=1S/C56H94N4O41/c1-13(68)57-25-36(79)43(22(10-66)88-49(25)86)97-54-42(85)46(99-56-48(40(83)33(76)21(9-65)93-56)101-52-28(60-16(4)71)37(80)44(23(11-67)94-52)96-53-41(84)38(81)31(74)19(7-63)91-53)45(98-50-26(58-14(2)69)34(77)29(72)17(5-61)89-50)24(95-54)12-87-55-47(39(82)32(75)20(8-64)92-55)100-51-27(59-15(3)70)35(78)30(73)18(6-62)90-51/h17-56,61-67,72-86H,5-12H2,1-4H3,(H,57,68)(H,58,69)(H,59,70)(H,60,71)/t17-,18-,19-,20-,21-,22-,23-,24-,25-,26-,27-,28-,29-,30-,31+,32-,33-,34-,35-,36-,37-,38+,39+,40+,41-,42+,43-,44-,45-,46-,47+,48+,49-,50+,51+,52+,53+,54+,55+,56-/m1/s1. The van der Waals surface area contributed by atoms with Gasteiger partial charge in [0.25, 0.3) is 0 Å². The number of amides is 4. The average Bonchev–Trinajstić information content (AvgIpc) is 0.769. The van der Waals surface area contributed by atoms with Crippen LogP contribution in [-0.2, 0) is 90.2 Å². The van der Waals surface area contributed by atoms with Gasteiger partial charge >= 0.3 is 0 Å². The van der Waals surface area contributed by atoms with E-state index in [4.69, 9.17) is 71.1 Å². The summed E-state index contributed by atoms with van der Waals surface area (Å²) in [7, 11) is 0. The Bertz CT molecular complexity index is 2640. The van der Waals surface area contributed by atoms with Crippen LogP contribution in [0.2, 0.25) is 0 Å². The van der Waals surface area contributed by atoms with Crippen LogP contribution in [0.4, 0.5) is 0 Å². The number of hydrogen-bond acceptors (Lipinski definition) is 41. The van der Waals surface area contributed by atoms with Crippen molar-refractivity contribution < 1.29 is 203 Å². The summed E-state index contributed by atoms with van der Waals surface area (Å²) in [5.41, 5.74) is 0. The number of rotatable bonds is 26. The molecule has 8 fully saturated rings. The van der Waals surface area contributed by atoms with Gasteiger partial charge in [-0.3, -0.25) is 19.2 Å². The fourth-order valence-corrected chi connectivity index (χ4v) is 13.0. The molecule has 0 aromatic carbocycles. The third-order valence-electron chi connectivity index (χ3n) is 18.3. The average molecular weight is 1480 g/mol. The van der Waals surface area contributed by atoms with Crippen LogP contribution in [0, 0.1) is 0 Å². The van der Waals surface area contributed by atoms with Gasteiger partial charge in [0.1, 0.15) is 195 Å². The Hall–Kier alpha value is -3.60. The van der Waals surface area contributed by atoms with Gasteiger partial charge in [0.2, 0.25) is 23.6 Å². The SMILES string of the molecule is CC(=O)N[C@@H]1[C@@H](O)[C@H](O[C@@H]2O[C@H](CO[C@H]3O[C@H](CO)[C@@H](O)[C@H](O)[C@@H]3O[C@@H]3O[C@H](CO)[C@@H](O)[C@H](O)[C@H]3NC(C)=O)[C@@H](O[C@@H]3O[C@H](CO)[C@@H](O)[C@H](O)[C@H]3NC(C)=O)[C@H](O[C@H]3O[C@H](CO)[C@@H](O)[C@H](O)[C@@H]3O[C@@H]3O[C@H](CO)[C@@H](O[C@@H]4O[C@H](CO)[C@H](O)[C@H](O)[C@H]4O)[C@H](O)[C@H]3NC(C)=O)[C@@H]2O)[C@@H](CO)O[C@H]1O. The van der Waals surface area contributed by atoms with Crippen LogP contribution in [0.15, 0.2) is 0 Å². The van der Waals surface area contributed by atoms with Crippen LogP contribution < -0.4 is 21.3 Å². The molecule has 45 nitrogen and oxygen atoms in total. The van der Waals surface area contributed by atoms with Crippen molar-refractivity contribution in [2.75, 3.05) is 52.9 Å². The van der Waals surface area contributed by atoms with E-state index < -0.39 is 322 Å². The maximum atomic E-state index is 13.0. The highest BCUT2D eigenvalue weighted by molar-refractivity contribution is 5.74. The van der Waals surface area contributed by atoms with Gasteiger partial charge in [-0.1, -0.05) is 0 Å². The zero-order valence-corrected chi connectivity index (χ0v) is 54.3. The molecule has 8 heterocycles. The van der Waals surface area contributed by atoms with Crippen LogP contribution in [0.1, 0.15) is 27.7 Å². The van der Waals surface area contributed by atoms with Crippen molar-refractivity contribution >= 4 is 23.6 Å². The van der Waals surface area contributed by atoms with Crippen LogP contribution in [0.3, 0.4) is 0 Å². The Morgan fingerprint density at radius 2 is 0.545 bits per heavy atom. The van der Waals surface area contributed by atoms with Crippen molar-refractivity contribution in [3.05, 3.63) is 0 Å². The fourth-order valence-electron chi connectivity index (χ4n) is 13.0. The minimum atomic E-state index is -2.60. The van der Waals surface area contributed by atoms with Crippen molar-refractivity contribution in [1.29, 1.82) is 0 Å². The van der Waals surface area contributed by atoms with Crippen molar-refractivity contribution in [1.82, 2.24) is 21.3 Å². The molecule has 0 saturated carbocycles. The Morgan fingerprint density at radius 3 is 0.970 bits per heavy atom. The molecule has 0 aromatic heterocycles. The molecule has 8 aliphatic heterocycles. The summed E-state index contributed by atoms with van der Waals surface area (Å²) in [5, 5.41) is 253. The van der Waals surface area contributed by atoms with Gasteiger partial charge in [-0.15, -0.1) is 0 Å². The van der Waals surface area contributed by atoms with E-state index >= 15 is 0 Å². The summed E-state index contributed by atoms with van der Waals surface area (Å²) in [6.07, 6.45) is -75.7. The second kappa shape index (κ2) is 36.3. The molecular formula is C56H94N4O41. The summed E-state index contributed by atoms with van der Waals surface area (Å²) in [6, 6.07) is -7.44. The van der Waals surface area contributed by atoms with Crippen molar-refractivity contribution in [2.45, 2.75) is 273 Å². The topological polar surface area (TPSA) is 700 Å². The lowest BCUT2D eigenvalue weighted by molar-refractivity contribution is -0.407. The molecule has 101 heavy (non-hydrogen) atoms. The van der Waals surface area contributed by atoms with Gasteiger partial charge in [-0.25, -0.2) is 0 Å². The van der Waals surface area contributed by atoms with Gasteiger partial charge in [0, 0.05) is 27.7 Å². The highest BCUT2D eigenvalue weighted by Gasteiger charge is 2.61. The summed E-state index contributed by atoms with van der Waals surface area (Å²) in [4.78, 5) is 50.8. The van der Waals surface area contributed by atoms with Crippen LogP contribution >= 0.6 is 0 Å². The molecule has 0 unspecified atom stereocenters. The fraction of sp³-hybridized carbons (Fsp3) is 0.929. The minimum absolute atomic E-state index is 0.851. The van der Waals surface area contributed by atoms with Gasteiger partial charge < -0.3 is 205 Å². The number of ether oxygens (including phenoxy) is 15. The van der Waals surface area contributed by atoms with Crippen molar-refractivity contribution in [3.63, 3.8) is 0 Å². The summed E-state index contributed by atoms with van der Waals surface area (Å²) in [6.45, 7) is -4.97. The lowest BCUT2D eigenvalue weighted by Crippen LogP contribution is -2.71. The number of carbonyl (C=O) groups is 4. The van der Waals surface area contributed by atoms with E-state index in [0.29, 0.717) is 0 Å².